The Morgan fingerprint density at radius 3 is 2.67 bits per heavy atom. The number of hydrogen-bond donors (Lipinski definition) is 1. The maximum atomic E-state index is 13.6. The summed E-state index contributed by atoms with van der Waals surface area (Å²) in [5.41, 5.74) is -0.0143. The summed E-state index contributed by atoms with van der Waals surface area (Å²) >= 11 is 1.61. The highest BCUT2D eigenvalue weighted by atomic mass is 32.1. The van der Waals surface area contributed by atoms with Gasteiger partial charge in [0.2, 0.25) is 0 Å². The zero-order valence-corrected chi connectivity index (χ0v) is 13.6. The molecular formula is C17H15F2N3OS. The molecule has 2 heterocycles. The van der Waals surface area contributed by atoms with E-state index in [0.29, 0.717) is 23.8 Å². The monoisotopic (exact) mass is 347 g/mol. The topological polar surface area (TPSA) is 50.9 Å². The van der Waals surface area contributed by atoms with Gasteiger partial charge in [-0.25, -0.2) is 18.4 Å². The van der Waals surface area contributed by atoms with Crippen molar-refractivity contribution < 1.29 is 13.9 Å². The summed E-state index contributed by atoms with van der Waals surface area (Å²) in [6.45, 7) is -0.0339. The van der Waals surface area contributed by atoms with Gasteiger partial charge in [0.05, 0.1) is 17.7 Å². The first-order valence-corrected chi connectivity index (χ1v) is 8.54. The van der Waals surface area contributed by atoms with Crippen LogP contribution in [0.1, 0.15) is 29.4 Å². The molecule has 1 fully saturated rings. The van der Waals surface area contributed by atoms with Gasteiger partial charge in [0.15, 0.2) is 17.5 Å². The van der Waals surface area contributed by atoms with Gasteiger partial charge in [0.1, 0.15) is 5.82 Å². The average Bonchev–Trinajstić information content (AvgIpc) is 3.00. The van der Waals surface area contributed by atoms with Crippen molar-refractivity contribution in [1.29, 1.82) is 0 Å². The molecule has 0 amide bonds. The molecule has 7 heteroatoms. The predicted molar refractivity (Wildman–Crippen MR) is 86.4 cm³/mol. The first kappa shape index (κ1) is 15.4. The standard InChI is InChI=1S/C17H15F2N3OS/c18-13-4-3-11(8-14(13)19)22-16(17(10-23)5-6-17)20-15(21-22)9-12-2-1-7-24-12/h1-4,7-8,23H,5-6,9-10H2. The molecule has 0 aliphatic heterocycles. The minimum atomic E-state index is -0.928. The third kappa shape index (κ3) is 2.63. The van der Waals surface area contributed by atoms with Crippen molar-refractivity contribution in [3.05, 3.63) is 63.9 Å². The molecule has 4 rings (SSSR count). The van der Waals surface area contributed by atoms with Crippen LogP contribution in [0, 0.1) is 11.6 Å². The Morgan fingerprint density at radius 2 is 2.04 bits per heavy atom. The van der Waals surface area contributed by atoms with Crippen LogP contribution in [0.15, 0.2) is 35.7 Å². The van der Waals surface area contributed by atoms with Crippen LogP contribution in [0.3, 0.4) is 0 Å². The van der Waals surface area contributed by atoms with Gasteiger partial charge in [-0.2, -0.15) is 5.10 Å². The molecule has 4 nitrogen and oxygen atoms in total. The summed E-state index contributed by atoms with van der Waals surface area (Å²) in [6, 6.07) is 7.62. The Balaban J connectivity index is 1.78. The Labute approximate surface area is 141 Å². The molecule has 0 atom stereocenters. The maximum absolute atomic E-state index is 13.6. The second-order valence-electron chi connectivity index (χ2n) is 6.06. The second kappa shape index (κ2) is 5.75. The summed E-state index contributed by atoms with van der Waals surface area (Å²) in [4.78, 5) is 5.72. The van der Waals surface area contributed by atoms with E-state index in [1.165, 1.54) is 10.7 Å². The van der Waals surface area contributed by atoms with E-state index in [1.807, 2.05) is 17.5 Å². The fourth-order valence-corrected chi connectivity index (χ4v) is 3.44. The summed E-state index contributed by atoms with van der Waals surface area (Å²) < 4.78 is 28.4. The van der Waals surface area contributed by atoms with Crippen molar-refractivity contribution >= 4 is 11.3 Å². The molecule has 0 spiro atoms. The first-order valence-electron chi connectivity index (χ1n) is 7.66. The molecule has 24 heavy (non-hydrogen) atoms. The number of benzene rings is 1. The minimum absolute atomic E-state index is 0.0339. The van der Waals surface area contributed by atoms with Crippen LogP contribution < -0.4 is 0 Å². The van der Waals surface area contributed by atoms with Crippen LogP contribution in [0.25, 0.3) is 5.69 Å². The van der Waals surface area contributed by atoms with Gasteiger partial charge in [0.25, 0.3) is 0 Å². The lowest BCUT2D eigenvalue weighted by Crippen LogP contribution is -2.19. The Hall–Kier alpha value is -2.12. The van der Waals surface area contributed by atoms with Crippen LogP contribution in [-0.2, 0) is 11.8 Å². The number of aromatic nitrogens is 3. The van der Waals surface area contributed by atoms with E-state index in [4.69, 9.17) is 0 Å². The first-order chi connectivity index (χ1) is 11.6. The summed E-state index contributed by atoms with van der Waals surface area (Å²) in [5, 5.41) is 16.2. The van der Waals surface area contributed by atoms with E-state index >= 15 is 0 Å². The largest absolute Gasteiger partial charge is 0.395 e. The summed E-state index contributed by atoms with van der Waals surface area (Å²) in [5.74, 6) is -0.607. The van der Waals surface area contributed by atoms with Gasteiger partial charge in [-0.15, -0.1) is 11.3 Å². The maximum Gasteiger partial charge on any atom is 0.160 e. The highest BCUT2D eigenvalue weighted by Gasteiger charge is 2.48. The molecule has 0 unspecified atom stereocenters. The molecule has 1 aliphatic rings. The fraction of sp³-hybridized carbons (Fsp3) is 0.294. The van der Waals surface area contributed by atoms with Crippen LogP contribution in [-0.4, -0.2) is 26.5 Å². The number of rotatable bonds is 5. The van der Waals surface area contributed by atoms with Crippen molar-refractivity contribution in [1.82, 2.24) is 14.8 Å². The van der Waals surface area contributed by atoms with Crippen LogP contribution >= 0.6 is 11.3 Å². The molecular weight excluding hydrogens is 332 g/mol. The number of aliphatic hydroxyl groups excluding tert-OH is 1. The van der Waals surface area contributed by atoms with E-state index < -0.39 is 17.0 Å². The molecule has 1 aliphatic carbocycles. The van der Waals surface area contributed by atoms with E-state index in [9.17, 15) is 13.9 Å². The lowest BCUT2D eigenvalue weighted by atomic mass is 10.1. The normalized spacial score (nSPS) is 15.6. The van der Waals surface area contributed by atoms with Crippen molar-refractivity contribution in [2.75, 3.05) is 6.61 Å². The summed E-state index contributed by atoms with van der Waals surface area (Å²) in [7, 11) is 0. The van der Waals surface area contributed by atoms with Gasteiger partial charge in [0, 0.05) is 17.4 Å². The number of halogens is 2. The Morgan fingerprint density at radius 1 is 1.21 bits per heavy atom. The number of thiophene rings is 1. The lowest BCUT2D eigenvalue weighted by molar-refractivity contribution is 0.248. The number of hydrogen-bond acceptors (Lipinski definition) is 4. The van der Waals surface area contributed by atoms with Crippen LogP contribution in [0.5, 0.6) is 0 Å². The molecule has 2 aromatic heterocycles. The van der Waals surface area contributed by atoms with Crippen LogP contribution in [0.2, 0.25) is 0 Å². The predicted octanol–water partition coefficient (Wildman–Crippen LogP) is 3.22. The third-order valence-corrected chi connectivity index (χ3v) is 5.22. The van der Waals surface area contributed by atoms with Gasteiger partial charge >= 0.3 is 0 Å². The highest BCUT2D eigenvalue weighted by molar-refractivity contribution is 7.09. The second-order valence-corrected chi connectivity index (χ2v) is 7.09. The van der Waals surface area contributed by atoms with E-state index in [2.05, 4.69) is 10.1 Å². The average molecular weight is 347 g/mol. The zero-order chi connectivity index (χ0) is 16.7. The molecule has 1 aromatic carbocycles. The van der Waals surface area contributed by atoms with Gasteiger partial charge in [-0.3, -0.25) is 0 Å². The van der Waals surface area contributed by atoms with Crippen LogP contribution in [0.4, 0.5) is 8.78 Å². The highest BCUT2D eigenvalue weighted by Crippen LogP contribution is 2.47. The molecule has 0 radical (unpaired) electrons. The number of aliphatic hydroxyl groups is 1. The lowest BCUT2D eigenvalue weighted by Gasteiger charge is -2.12. The molecule has 1 N–H and O–H groups in total. The van der Waals surface area contributed by atoms with Crippen molar-refractivity contribution in [2.24, 2.45) is 0 Å². The third-order valence-electron chi connectivity index (χ3n) is 4.34. The Kier molecular flexibility index (Phi) is 3.69. The van der Waals surface area contributed by atoms with Gasteiger partial charge < -0.3 is 5.11 Å². The van der Waals surface area contributed by atoms with E-state index in [0.717, 1.165) is 29.9 Å². The zero-order valence-electron chi connectivity index (χ0n) is 12.7. The fourth-order valence-electron chi connectivity index (χ4n) is 2.74. The smallest absolute Gasteiger partial charge is 0.160 e. The Bertz CT molecular complexity index is 872. The van der Waals surface area contributed by atoms with E-state index in [1.54, 1.807) is 11.3 Å². The molecule has 3 aromatic rings. The summed E-state index contributed by atoms with van der Waals surface area (Å²) in [6.07, 6.45) is 2.19. The number of nitrogens with zero attached hydrogens (tertiary/aromatic N) is 3. The molecule has 124 valence electrons. The molecule has 0 bridgehead atoms. The van der Waals surface area contributed by atoms with Crippen molar-refractivity contribution in [3.63, 3.8) is 0 Å². The van der Waals surface area contributed by atoms with E-state index in [-0.39, 0.29) is 6.61 Å². The minimum Gasteiger partial charge on any atom is -0.395 e. The molecule has 1 saturated carbocycles. The van der Waals surface area contributed by atoms with Gasteiger partial charge in [-0.05, 0) is 36.4 Å². The van der Waals surface area contributed by atoms with Gasteiger partial charge in [-0.1, -0.05) is 6.07 Å². The molecule has 0 saturated heterocycles. The van der Waals surface area contributed by atoms with Crippen molar-refractivity contribution in [3.8, 4) is 5.69 Å². The van der Waals surface area contributed by atoms with Crippen molar-refractivity contribution in [2.45, 2.75) is 24.7 Å². The quantitative estimate of drug-likeness (QED) is 0.771. The SMILES string of the molecule is OCC1(c2nc(Cc3cccs3)nn2-c2ccc(F)c(F)c2)CC1.